The van der Waals surface area contributed by atoms with Gasteiger partial charge in [-0.05, 0) is 43.2 Å². The van der Waals surface area contributed by atoms with Gasteiger partial charge in [-0.2, -0.15) is 5.10 Å². The fourth-order valence-corrected chi connectivity index (χ4v) is 4.40. The Morgan fingerprint density at radius 3 is 2.58 bits per heavy atom. The summed E-state index contributed by atoms with van der Waals surface area (Å²) in [4.78, 5) is 29.4. The van der Waals surface area contributed by atoms with Gasteiger partial charge in [0.1, 0.15) is 13.2 Å². The Balaban J connectivity index is 1.23. The standard InChI is InChI=1S/C25H26N4O4/c1-28(18-6-3-2-4-7-18)25(31)21-16-20(26-27-21)17-10-12-29(13-11-17)24(30)19-8-5-9-22-23(19)33-15-14-32-22/h2-9,16-17H,10-15H2,1H3,(H,26,27). The number of anilines is 1. The van der Waals surface area contributed by atoms with E-state index in [1.807, 2.05) is 53.4 Å². The van der Waals surface area contributed by atoms with Crippen LogP contribution in [-0.4, -0.2) is 60.3 Å². The van der Waals surface area contributed by atoms with Crippen molar-refractivity contribution in [3.05, 3.63) is 71.5 Å². The molecule has 3 aromatic rings. The van der Waals surface area contributed by atoms with Crippen molar-refractivity contribution in [3.63, 3.8) is 0 Å². The molecule has 8 nitrogen and oxygen atoms in total. The quantitative estimate of drug-likeness (QED) is 0.663. The summed E-state index contributed by atoms with van der Waals surface area (Å²) in [5, 5.41) is 7.30. The van der Waals surface area contributed by atoms with Crippen LogP contribution in [0, 0.1) is 0 Å². The molecule has 2 aromatic carbocycles. The maximum atomic E-state index is 13.1. The molecule has 2 aliphatic rings. The molecule has 3 heterocycles. The van der Waals surface area contributed by atoms with Crippen LogP contribution in [0.5, 0.6) is 11.5 Å². The number of hydrogen-bond donors (Lipinski definition) is 1. The van der Waals surface area contributed by atoms with Crippen LogP contribution in [0.3, 0.4) is 0 Å². The molecule has 0 spiro atoms. The fourth-order valence-electron chi connectivity index (χ4n) is 4.40. The van der Waals surface area contributed by atoms with E-state index in [1.165, 1.54) is 0 Å². The molecular formula is C25H26N4O4. The minimum absolute atomic E-state index is 0.0410. The van der Waals surface area contributed by atoms with E-state index < -0.39 is 0 Å². The van der Waals surface area contributed by atoms with Crippen LogP contribution in [0.4, 0.5) is 5.69 Å². The maximum Gasteiger partial charge on any atom is 0.278 e. The number of nitrogens with zero attached hydrogens (tertiary/aromatic N) is 3. The van der Waals surface area contributed by atoms with Crippen LogP contribution in [0.2, 0.25) is 0 Å². The second kappa shape index (κ2) is 8.97. The lowest BCUT2D eigenvalue weighted by atomic mass is 9.93. The summed E-state index contributed by atoms with van der Waals surface area (Å²) in [6.45, 7) is 2.19. The minimum atomic E-state index is -0.160. The molecule has 170 valence electrons. The molecule has 1 N–H and O–H groups in total. The van der Waals surface area contributed by atoms with E-state index in [-0.39, 0.29) is 17.7 Å². The second-order valence-electron chi connectivity index (χ2n) is 8.30. The van der Waals surface area contributed by atoms with E-state index in [0.29, 0.717) is 49.1 Å². The Morgan fingerprint density at radius 1 is 1.03 bits per heavy atom. The topological polar surface area (TPSA) is 87.8 Å². The van der Waals surface area contributed by atoms with Crippen molar-refractivity contribution < 1.29 is 19.1 Å². The van der Waals surface area contributed by atoms with Gasteiger partial charge in [-0.25, -0.2) is 0 Å². The number of aromatic nitrogens is 2. The van der Waals surface area contributed by atoms with Crippen LogP contribution >= 0.6 is 0 Å². The zero-order valence-electron chi connectivity index (χ0n) is 18.5. The zero-order valence-corrected chi connectivity index (χ0v) is 18.5. The van der Waals surface area contributed by atoms with Crippen LogP contribution in [0.1, 0.15) is 45.3 Å². The molecule has 0 unspecified atom stereocenters. The summed E-state index contributed by atoms with van der Waals surface area (Å²) in [6.07, 6.45) is 1.59. The number of carbonyl (C=O) groups excluding carboxylic acids is 2. The molecule has 0 saturated carbocycles. The molecule has 1 aromatic heterocycles. The lowest BCUT2D eigenvalue weighted by Crippen LogP contribution is -2.38. The predicted molar refractivity (Wildman–Crippen MR) is 123 cm³/mol. The molecule has 0 bridgehead atoms. The van der Waals surface area contributed by atoms with Gasteiger partial charge in [0.15, 0.2) is 17.2 Å². The number of benzene rings is 2. The van der Waals surface area contributed by atoms with Gasteiger partial charge in [0, 0.05) is 37.4 Å². The molecule has 0 atom stereocenters. The molecule has 8 heteroatoms. The number of fused-ring (bicyclic) bond motifs is 1. The number of rotatable bonds is 4. The summed E-state index contributed by atoms with van der Waals surface area (Å²) in [7, 11) is 1.74. The highest BCUT2D eigenvalue weighted by molar-refractivity contribution is 6.04. The van der Waals surface area contributed by atoms with Crippen molar-refractivity contribution >= 4 is 17.5 Å². The summed E-state index contributed by atoms with van der Waals surface area (Å²) < 4.78 is 11.3. The number of likely N-dealkylation sites (tertiary alicyclic amines) is 1. The molecule has 0 aliphatic carbocycles. The van der Waals surface area contributed by atoms with Crippen LogP contribution < -0.4 is 14.4 Å². The Morgan fingerprint density at radius 2 is 1.79 bits per heavy atom. The van der Waals surface area contributed by atoms with Crippen molar-refractivity contribution in [1.82, 2.24) is 15.1 Å². The van der Waals surface area contributed by atoms with Gasteiger partial charge in [-0.1, -0.05) is 24.3 Å². The Hall–Kier alpha value is -3.81. The zero-order chi connectivity index (χ0) is 22.8. The largest absolute Gasteiger partial charge is 0.486 e. The lowest BCUT2D eigenvalue weighted by Gasteiger charge is -2.32. The maximum absolute atomic E-state index is 13.1. The first-order valence-electron chi connectivity index (χ1n) is 11.2. The van der Waals surface area contributed by atoms with E-state index in [9.17, 15) is 9.59 Å². The number of amides is 2. The molecule has 2 aliphatic heterocycles. The first kappa shape index (κ1) is 21.1. The molecule has 5 rings (SSSR count). The highest BCUT2D eigenvalue weighted by atomic mass is 16.6. The molecule has 0 radical (unpaired) electrons. The number of carbonyl (C=O) groups is 2. The van der Waals surface area contributed by atoms with Crippen LogP contribution in [0.15, 0.2) is 54.6 Å². The third kappa shape index (κ3) is 4.16. The Labute approximate surface area is 192 Å². The predicted octanol–water partition coefficient (Wildman–Crippen LogP) is 3.48. The molecule has 1 fully saturated rings. The summed E-state index contributed by atoms with van der Waals surface area (Å²) >= 11 is 0. The number of para-hydroxylation sites is 2. The Kier molecular flexibility index (Phi) is 5.73. The number of hydrogen-bond acceptors (Lipinski definition) is 5. The van der Waals surface area contributed by atoms with Gasteiger partial charge < -0.3 is 19.3 Å². The summed E-state index contributed by atoms with van der Waals surface area (Å²) in [6, 6.07) is 16.8. The van der Waals surface area contributed by atoms with Gasteiger partial charge >= 0.3 is 0 Å². The molecule has 2 amide bonds. The lowest BCUT2D eigenvalue weighted by molar-refractivity contribution is 0.0701. The number of ether oxygens (including phenoxy) is 2. The van der Waals surface area contributed by atoms with Crippen molar-refractivity contribution in [1.29, 1.82) is 0 Å². The van der Waals surface area contributed by atoms with Crippen LogP contribution in [0.25, 0.3) is 0 Å². The number of aromatic amines is 1. The fraction of sp³-hybridized carbons (Fsp3) is 0.320. The third-order valence-corrected chi connectivity index (χ3v) is 6.28. The van der Waals surface area contributed by atoms with Crippen molar-refractivity contribution in [2.75, 3.05) is 38.3 Å². The highest BCUT2D eigenvalue weighted by Gasteiger charge is 2.29. The van der Waals surface area contributed by atoms with E-state index >= 15 is 0 Å². The van der Waals surface area contributed by atoms with E-state index in [4.69, 9.17) is 9.47 Å². The smallest absolute Gasteiger partial charge is 0.278 e. The first-order chi connectivity index (χ1) is 16.1. The van der Waals surface area contributed by atoms with E-state index in [0.717, 1.165) is 24.2 Å². The van der Waals surface area contributed by atoms with Crippen molar-refractivity contribution in [2.24, 2.45) is 0 Å². The third-order valence-electron chi connectivity index (χ3n) is 6.28. The van der Waals surface area contributed by atoms with Gasteiger partial charge in [0.2, 0.25) is 0 Å². The van der Waals surface area contributed by atoms with Crippen molar-refractivity contribution in [3.8, 4) is 11.5 Å². The molecule has 33 heavy (non-hydrogen) atoms. The molecule has 1 saturated heterocycles. The van der Waals surface area contributed by atoms with Crippen molar-refractivity contribution in [2.45, 2.75) is 18.8 Å². The average molecular weight is 447 g/mol. The van der Waals surface area contributed by atoms with Crippen LogP contribution in [-0.2, 0) is 0 Å². The van der Waals surface area contributed by atoms with Gasteiger partial charge in [-0.15, -0.1) is 0 Å². The van der Waals surface area contributed by atoms with Gasteiger partial charge in [0.25, 0.3) is 11.8 Å². The monoisotopic (exact) mass is 446 g/mol. The number of nitrogens with one attached hydrogen (secondary N) is 1. The first-order valence-corrected chi connectivity index (χ1v) is 11.2. The molecular weight excluding hydrogens is 420 g/mol. The second-order valence-corrected chi connectivity index (χ2v) is 8.30. The summed E-state index contributed by atoms with van der Waals surface area (Å²) in [5.41, 5.74) is 2.68. The number of H-pyrrole nitrogens is 1. The number of piperidine rings is 1. The Bertz CT molecular complexity index is 1150. The minimum Gasteiger partial charge on any atom is -0.486 e. The summed E-state index contributed by atoms with van der Waals surface area (Å²) in [5.74, 6) is 1.18. The van der Waals surface area contributed by atoms with Gasteiger partial charge in [0.05, 0.1) is 5.56 Å². The SMILES string of the molecule is CN(C(=O)c1cc(C2CCN(C(=O)c3cccc4c3OCCO4)CC2)[nH]n1)c1ccccc1. The van der Waals surface area contributed by atoms with Gasteiger partial charge in [-0.3, -0.25) is 14.7 Å². The highest BCUT2D eigenvalue weighted by Crippen LogP contribution is 2.35. The van der Waals surface area contributed by atoms with E-state index in [1.54, 1.807) is 18.0 Å². The normalized spacial score (nSPS) is 15.8. The van der Waals surface area contributed by atoms with E-state index in [2.05, 4.69) is 10.2 Å². The average Bonchev–Trinajstić information content (AvgIpc) is 3.38.